The summed E-state index contributed by atoms with van der Waals surface area (Å²) in [7, 11) is 0. The lowest BCUT2D eigenvalue weighted by Gasteiger charge is -2.16. The van der Waals surface area contributed by atoms with E-state index in [1.165, 1.54) is 0 Å². The third-order valence-electron chi connectivity index (χ3n) is 3.24. The highest BCUT2D eigenvalue weighted by atomic mass is 16.6. The summed E-state index contributed by atoms with van der Waals surface area (Å²) in [5.41, 5.74) is 1.47. The van der Waals surface area contributed by atoms with Gasteiger partial charge in [-0.1, -0.05) is 19.8 Å². The quantitative estimate of drug-likeness (QED) is 0.565. The Balaban J connectivity index is 3.29. The van der Waals surface area contributed by atoms with Gasteiger partial charge in [-0.25, -0.2) is 4.79 Å². The molecule has 5 nitrogen and oxygen atoms in total. The molecule has 0 aliphatic heterocycles. The van der Waals surface area contributed by atoms with Crippen LogP contribution in [-0.2, 0) is 6.42 Å². The van der Waals surface area contributed by atoms with Crippen LogP contribution < -0.4 is 15.5 Å². The largest absolute Gasteiger partial charge is 0.493 e. The number of unbranched alkanes of at least 4 members (excludes halogenated alkanes) is 2. The number of rotatable bonds is 8. The summed E-state index contributed by atoms with van der Waals surface area (Å²) in [6.45, 7) is 6.23. The molecule has 0 spiro atoms. The lowest BCUT2D eigenvalue weighted by molar-refractivity contribution is 0.0690. The summed E-state index contributed by atoms with van der Waals surface area (Å²) in [5, 5.41) is 9.40. The average Bonchev–Trinajstić information content (AvgIpc) is 2.41. The molecule has 0 aliphatic carbocycles. The Morgan fingerprint density at radius 1 is 1.35 bits per heavy atom. The molecule has 0 radical (unpaired) electrons. The van der Waals surface area contributed by atoms with E-state index >= 15 is 0 Å². The summed E-state index contributed by atoms with van der Waals surface area (Å²) in [5.74, 6) is 5.05. The molecule has 0 saturated heterocycles. The number of benzene rings is 1. The third-order valence-corrected chi connectivity index (χ3v) is 3.24. The zero-order chi connectivity index (χ0) is 15.1. The molecule has 5 heteroatoms. The van der Waals surface area contributed by atoms with Gasteiger partial charge in [-0.15, -0.1) is 0 Å². The van der Waals surface area contributed by atoms with Crippen molar-refractivity contribution in [3.63, 3.8) is 0 Å². The highest BCUT2D eigenvalue weighted by molar-refractivity contribution is 5.93. The Bertz CT molecular complexity index is 471. The van der Waals surface area contributed by atoms with E-state index in [0.717, 1.165) is 19.3 Å². The smallest absolute Gasteiger partial charge is 0.339 e. The lowest BCUT2D eigenvalue weighted by Crippen LogP contribution is -2.13. The molecule has 0 amide bonds. The van der Waals surface area contributed by atoms with Gasteiger partial charge in [-0.05, 0) is 38.3 Å². The van der Waals surface area contributed by atoms with Crippen LogP contribution in [0.1, 0.15) is 54.6 Å². The number of aromatic carboxylic acids is 1. The second kappa shape index (κ2) is 7.75. The second-order valence-corrected chi connectivity index (χ2v) is 4.68. The summed E-state index contributed by atoms with van der Waals surface area (Å²) < 4.78 is 5.53. The van der Waals surface area contributed by atoms with Crippen molar-refractivity contribution >= 4 is 5.97 Å². The number of nitrogens with two attached hydrogens (primary N) is 1. The minimum Gasteiger partial charge on any atom is -0.493 e. The van der Waals surface area contributed by atoms with E-state index in [1.54, 1.807) is 13.0 Å². The van der Waals surface area contributed by atoms with Crippen LogP contribution in [-0.4, -0.2) is 17.7 Å². The van der Waals surface area contributed by atoms with Gasteiger partial charge in [0.2, 0.25) is 0 Å². The topological polar surface area (TPSA) is 81.8 Å². The Kier molecular flexibility index (Phi) is 6.31. The molecule has 112 valence electrons. The molecule has 0 fully saturated rings. The molecule has 0 aliphatic rings. The number of hydrogen-bond acceptors (Lipinski definition) is 4. The van der Waals surface area contributed by atoms with Crippen LogP contribution in [0, 0.1) is 6.92 Å². The predicted molar refractivity (Wildman–Crippen MR) is 77.4 cm³/mol. The zero-order valence-corrected chi connectivity index (χ0v) is 12.4. The molecule has 0 heterocycles. The summed E-state index contributed by atoms with van der Waals surface area (Å²) in [6, 6.07) is 1.79. The predicted octanol–water partition coefficient (Wildman–Crippen LogP) is 3.08. The van der Waals surface area contributed by atoms with Gasteiger partial charge in [0.1, 0.15) is 11.3 Å². The fourth-order valence-corrected chi connectivity index (χ4v) is 2.23. The molecule has 1 aromatic carbocycles. The molecule has 0 atom stereocenters. The Labute approximate surface area is 119 Å². The van der Waals surface area contributed by atoms with Crippen molar-refractivity contribution in [2.75, 3.05) is 6.61 Å². The van der Waals surface area contributed by atoms with Gasteiger partial charge in [-0.2, -0.15) is 5.90 Å². The maximum absolute atomic E-state index is 11.5. The van der Waals surface area contributed by atoms with Gasteiger partial charge >= 0.3 is 5.97 Å². The number of aryl methyl sites for hydroxylation is 1. The van der Waals surface area contributed by atoms with E-state index < -0.39 is 5.97 Å². The summed E-state index contributed by atoms with van der Waals surface area (Å²) >= 11 is 0. The molecule has 0 unspecified atom stereocenters. The number of ether oxygens (including phenoxy) is 1. The highest BCUT2D eigenvalue weighted by Crippen LogP contribution is 2.35. The van der Waals surface area contributed by atoms with E-state index in [9.17, 15) is 9.90 Å². The molecule has 3 N–H and O–H groups in total. The SMILES string of the molecule is CCCCCc1cc(OCC)c(C)c(ON)c1C(=O)O. The maximum Gasteiger partial charge on any atom is 0.339 e. The van der Waals surface area contributed by atoms with E-state index in [1.807, 2.05) is 6.92 Å². The van der Waals surface area contributed by atoms with Gasteiger partial charge < -0.3 is 14.7 Å². The Morgan fingerprint density at radius 3 is 2.55 bits per heavy atom. The van der Waals surface area contributed by atoms with Gasteiger partial charge in [0, 0.05) is 5.56 Å². The second-order valence-electron chi connectivity index (χ2n) is 4.68. The van der Waals surface area contributed by atoms with Crippen molar-refractivity contribution in [3.05, 3.63) is 22.8 Å². The molecule has 20 heavy (non-hydrogen) atoms. The van der Waals surface area contributed by atoms with Crippen LogP contribution in [0.3, 0.4) is 0 Å². The first-order valence-corrected chi connectivity index (χ1v) is 6.96. The first-order valence-electron chi connectivity index (χ1n) is 6.96. The van der Waals surface area contributed by atoms with Crippen molar-refractivity contribution in [1.29, 1.82) is 0 Å². The van der Waals surface area contributed by atoms with Crippen LogP contribution in [0.5, 0.6) is 11.5 Å². The first-order chi connectivity index (χ1) is 9.56. The number of carboxylic acids is 1. The minimum absolute atomic E-state index is 0.143. The van der Waals surface area contributed by atoms with Crippen molar-refractivity contribution in [2.45, 2.75) is 46.5 Å². The van der Waals surface area contributed by atoms with Gasteiger partial charge in [-0.3, -0.25) is 0 Å². The van der Waals surface area contributed by atoms with Crippen LogP contribution in [0.15, 0.2) is 6.07 Å². The summed E-state index contributed by atoms with van der Waals surface area (Å²) in [6.07, 6.45) is 3.73. The lowest BCUT2D eigenvalue weighted by atomic mass is 9.97. The monoisotopic (exact) mass is 281 g/mol. The van der Waals surface area contributed by atoms with Crippen LogP contribution in [0.4, 0.5) is 0 Å². The zero-order valence-electron chi connectivity index (χ0n) is 12.4. The normalized spacial score (nSPS) is 10.4. The fraction of sp³-hybridized carbons (Fsp3) is 0.533. The molecule has 0 aromatic heterocycles. The molecule has 0 bridgehead atoms. The Morgan fingerprint density at radius 2 is 2.05 bits per heavy atom. The molecular weight excluding hydrogens is 258 g/mol. The maximum atomic E-state index is 11.5. The van der Waals surface area contributed by atoms with E-state index in [4.69, 9.17) is 15.5 Å². The molecular formula is C15H23NO4. The third kappa shape index (κ3) is 3.63. The standard InChI is InChI=1S/C15H23NO4/c1-4-6-7-8-11-9-12(19-5-2)10(3)14(20-16)13(11)15(17)18/h9H,4-8,16H2,1-3H3,(H,17,18). The van der Waals surface area contributed by atoms with Crippen molar-refractivity contribution in [3.8, 4) is 11.5 Å². The van der Waals surface area contributed by atoms with Crippen LogP contribution in [0.25, 0.3) is 0 Å². The van der Waals surface area contributed by atoms with Gasteiger partial charge in [0.25, 0.3) is 0 Å². The number of carboxylic acid groups (broad SMARTS) is 1. The van der Waals surface area contributed by atoms with Crippen LogP contribution >= 0.6 is 0 Å². The first kappa shape index (κ1) is 16.3. The van der Waals surface area contributed by atoms with E-state index in [2.05, 4.69) is 6.92 Å². The summed E-state index contributed by atoms with van der Waals surface area (Å²) in [4.78, 5) is 16.3. The van der Waals surface area contributed by atoms with Gasteiger partial charge in [0.05, 0.1) is 6.61 Å². The van der Waals surface area contributed by atoms with Gasteiger partial charge in [0.15, 0.2) is 5.75 Å². The van der Waals surface area contributed by atoms with Crippen LogP contribution in [0.2, 0.25) is 0 Å². The minimum atomic E-state index is -1.02. The van der Waals surface area contributed by atoms with Crippen molar-refractivity contribution in [2.24, 2.45) is 5.90 Å². The molecule has 1 rings (SSSR count). The number of carbonyl (C=O) groups is 1. The average molecular weight is 281 g/mol. The van der Waals surface area contributed by atoms with Crippen molar-refractivity contribution in [1.82, 2.24) is 0 Å². The van der Waals surface area contributed by atoms with E-state index in [0.29, 0.717) is 29.9 Å². The Hall–Kier alpha value is -1.75. The fourth-order valence-electron chi connectivity index (χ4n) is 2.23. The molecule has 0 saturated carbocycles. The van der Waals surface area contributed by atoms with Crippen molar-refractivity contribution < 1.29 is 19.5 Å². The number of hydrogen-bond donors (Lipinski definition) is 2. The highest BCUT2D eigenvalue weighted by Gasteiger charge is 2.22. The molecule has 1 aromatic rings. The van der Waals surface area contributed by atoms with E-state index in [-0.39, 0.29) is 11.3 Å².